The van der Waals surface area contributed by atoms with Gasteiger partial charge in [-0.1, -0.05) is 19.9 Å². The number of aromatic nitrogens is 2. The zero-order valence-electron chi connectivity index (χ0n) is 10.3. The summed E-state index contributed by atoms with van der Waals surface area (Å²) in [6, 6.07) is 6.56. The highest BCUT2D eigenvalue weighted by atomic mass is 32.1. The van der Waals surface area contributed by atoms with Crippen molar-refractivity contribution in [1.29, 1.82) is 0 Å². The van der Waals surface area contributed by atoms with Crippen molar-refractivity contribution in [2.24, 2.45) is 5.92 Å². The Bertz CT molecular complexity index is 465. The van der Waals surface area contributed by atoms with E-state index in [4.69, 9.17) is 0 Å². The topological polar surface area (TPSA) is 37.8 Å². The van der Waals surface area contributed by atoms with Crippen LogP contribution in [0.4, 0.5) is 5.82 Å². The molecule has 0 aliphatic heterocycles. The molecule has 0 aliphatic carbocycles. The Hall–Kier alpha value is -1.42. The second kappa shape index (κ2) is 5.27. The molecule has 90 valence electrons. The molecule has 4 heteroatoms. The van der Waals surface area contributed by atoms with Gasteiger partial charge >= 0.3 is 0 Å². The molecule has 0 spiro atoms. The molecule has 17 heavy (non-hydrogen) atoms. The fourth-order valence-electron chi connectivity index (χ4n) is 1.73. The summed E-state index contributed by atoms with van der Waals surface area (Å²) in [5, 5.41) is 13.6. The average molecular weight is 247 g/mol. The molecule has 0 amide bonds. The molecular formula is C13H17N3S. The van der Waals surface area contributed by atoms with Crippen molar-refractivity contribution in [1.82, 2.24) is 10.2 Å². The van der Waals surface area contributed by atoms with Gasteiger partial charge < -0.3 is 5.32 Å². The number of rotatable bonds is 4. The molecule has 2 rings (SSSR count). The molecule has 0 bridgehead atoms. The van der Waals surface area contributed by atoms with Crippen LogP contribution in [0.25, 0.3) is 0 Å². The van der Waals surface area contributed by atoms with Gasteiger partial charge in [0.15, 0.2) is 0 Å². The van der Waals surface area contributed by atoms with Gasteiger partial charge in [-0.05, 0) is 35.9 Å². The number of hydrogen-bond acceptors (Lipinski definition) is 4. The third-order valence-corrected chi connectivity index (χ3v) is 3.57. The Morgan fingerprint density at radius 3 is 2.76 bits per heavy atom. The number of thiophene rings is 1. The van der Waals surface area contributed by atoms with Crippen molar-refractivity contribution in [3.05, 3.63) is 40.2 Å². The highest BCUT2D eigenvalue weighted by Crippen LogP contribution is 2.28. The van der Waals surface area contributed by atoms with Crippen molar-refractivity contribution in [3.8, 4) is 0 Å². The van der Waals surface area contributed by atoms with Gasteiger partial charge in [-0.25, -0.2) is 0 Å². The van der Waals surface area contributed by atoms with Gasteiger partial charge in [0.2, 0.25) is 0 Å². The molecule has 0 aromatic carbocycles. The van der Waals surface area contributed by atoms with E-state index in [1.807, 2.05) is 13.0 Å². The highest BCUT2D eigenvalue weighted by Gasteiger charge is 2.17. The summed E-state index contributed by atoms with van der Waals surface area (Å²) >= 11 is 1.77. The van der Waals surface area contributed by atoms with Crippen molar-refractivity contribution >= 4 is 17.2 Å². The molecule has 2 aromatic rings. The molecule has 3 nitrogen and oxygen atoms in total. The maximum atomic E-state index is 4.12. The van der Waals surface area contributed by atoms with Crippen LogP contribution in [-0.2, 0) is 0 Å². The molecule has 0 fully saturated rings. The van der Waals surface area contributed by atoms with E-state index < -0.39 is 0 Å². The van der Waals surface area contributed by atoms with Crippen LogP contribution in [0.1, 0.15) is 30.3 Å². The fourth-order valence-corrected chi connectivity index (χ4v) is 2.68. The van der Waals surface area contributed by atoms with E-state index in [1.54, 1.807) is 17.5 Å². The van der Waals surface area contributed by atoms with Crippen LogP contribution in [-0.4, -0.2) is 10.2 Å². The molecule has 1 N–H and O–H groups in total. The van der Waals surface area contributed by atoms with Gasteiger partial charge in [0.1, 0.15) is 5.82 Å². The zero-order chi connectivity index (χ0) is 12.3. The summed E-state index contributed by atoms with van der Waals surface area (Å²) in [5.74, 6) is 1.35. The van der Waals surface area contributed by atoms with E-state index >= 15 is 0 Å². The summed E-state index contributed by atoms with van der Waals surface area (Å²) < 4.78 is 0. The largest absolute Gasteiger partial charge is 0.361 e. The molecule has 0 saturated heterocycles. The molecule has 1 atom stereocenters. The summed E-state index contributed by atoms with van der Waals surface area (Å²) in [4.78, 5) is 1.34. The number of nitrogens with zero attached hydrogens (tertiary/aromatic N) is 2. The van der Waals surface area contributed by atoms with Crippen LogP contribution in [0.5, 0.6) is 0 Å². The maximum absolute atomic E-state index is 4.12. The third kappa shape index (κ3) is 3.03. The lowest BCUT2D eigenvalue weighted by atomic mass is 10.0. The zero-order valence-corrected chi connectivity index (χ0v) is 11.2. The summed E-state index contributed by atoms with van der Waals surface area (Å²) in [5.41, 5.74) is 1.12. The molecule has 0 aliphatic rings. The summed E-state index contributed by atoms with van der Waals surface area (Å²) in [6.45, 7) is 6.44. The highest BCUT2D eigenvalue weighted by molar-refractivity contribution is 7.10. The first-order valence-electron chi connectivity index (χ1n) is 5.76. The van der Waals surface area contributed by atoms with Crippen LogP contribution in [0.15, 0.2) is 29.8 Å². The third-order valence-electron chi connectivity index (χ3n) is 2.61. The lowest BCUT2D eigenvalue weighted by Crippen LogP contribution is -2.16. The summed E-state index contributed by atoms with van der Waals surface area (Å²) in [7, 11) is 0. The SMILES string of the molecule is Cc1cnnc(NC(c2cccs2)C(C)C)c1. The van der Waals surface area contributed by atoms with E-state index in [0.29, 0.717) is 12.0 Å². The predicted octanol–water partition coefficient (Wildman–Crippen LogP) is 3.66. The molecule has 1 unspecified atom stereocenters. The van der Waals surface area contributed by atoms with Crippen molar-refractivity contribution < 1.29 is 0 Å². The normalized spacial score (nSPS) is 12.7. The van der Waals surface area contributed by atoms with Crippen LogP contribution in [0.3, 0.4) is 0 Å². The maximum Gasteiger partial charge on any atom is 0.149 e. The Labute approximate surface area is 106 Å². The number of anilines is 1. The number of nitrogens with one attached hydrogen (secondary N) is 1. The van der Waals surface area contributed by atoms with Crippen molar-refractivity contribution in [3.63, 3.8) is 0 Å². The summed E-state index contributed by atoms with van der Waals surface area (Å²) in [6.07, 6.45) is 1.76. The first-order chi connectivity index (χ1) is 8.16. The Morgan fingerprint density at radius 2 is 2.18 bits per heavy atom. The van der Waals surface area contributed by atoms with Crippen LogP contribution in [0.2, 0.25) is 0 Å². The van der Waals surface area contributed by atoms with Crippen molar-refractivity contribution in [2.75, 3.05) is 5.32 Å². The minimum Gasteiger partial charge on any atom is -0.361 e. The fraction of sp³-hybridized carbons (Fsp3) is 0.385. The van der Waals surface area contributed by atoms with Gasteiger partial charge in [0, 0.05) is 4.88 Å². The lowest BCUT2D eigenvalue weighted by Gasteiger charge is -2.21. The van der Waals surface area contributed by atoms with Crippen LogP contribution < -0.4 is 5.32 Å². The van der Waals surface area contributed by atoms with E-state index in [0.717, 1.165) is 11.4 Å². The first kappa shape index (κ1) is 12.0. The average Bonchev–Trinajstić information content (AvgIpc) is 2.78. The molecule has 2 aromatic heterocycles. The van der Waals surface area contributed by atoms with Crippen molar-refractivity contribution in [2.45, 2.75) is 26.8 Å². The Balaban J connectivity index is 2.19. The van der Waals surface area contributed by atoms with E-state index in [-0.39, 0.29) is 0 Å². The predicted molar refractivity (Wildman–Crippen MR) is 72.3 cm³/mol. The smallest absolute Gasteiger partial charge is 0.149 e. The van der Waals surface area contributed by atoms with E-state index in [1.165, 1.54) is 4.88 Å². The van der Waals surface area contributed by atoms with Gasteiger partial charge in [-0.15, -0.1) is 16.4 Å². The van der Waals surface area contributed by atoms with E-state index in [9.17, 15) is 0 Å². The Morgan fingerprint density at radius 1 is 1.35 bits per heavy atom. The minimum absolute atomic E-state index is 0.297. The monoisotopic (exact) mass is 247 g/mol. The molecular weight excluding hydrogens is 230 g/mol. The lowest BCUT2D eigenvalue weighted by molar-refractivity contribution is 0.551. The van der Waals surface area contributed by atoms with Gasteiger partial charge in [0.05, 0.1) is 12.2 Å². The van der Waals surface area contributed by atoms with Gasteiger partial charge in [0.25, 0.3) is 0 Å². The van der Waals surface area contributed by atoms with Crippen LogP contribution >= 0.6 is 11.3 Å². The molecule has 2 heterocycles. The molecule has 0 radical (unpaired) electrons. The number of hydrogen-bond donors (Lipinski definition) is 1. The number of aryl methyl sites for hydroxylation is 1. The van der Waals surface area contributed by atoms with Crippen LogP contribution in [0, 0.1) is 12.8 Å². The Kier molecular flexibility index (Phi) is 3.74. The first-order valence-corrected chi connectivity index (χ1v) is 6.64. The standard InChI is InChI=1S/C13H17N3S/c1-9(2)13(11-5-4-6-17-11)15-12-7-10(3)8-14-16-12/h4-9,13H,1-3H3,(H,15,16). The second-order valence-electron chi connectivity index (χ2n) is 4.50. The quantitative estimate of drug-likeness (QED) is 0.896. The van der Waals surface area contributed by atoms with Gasteiger partial charge in [-0.2, -0.15) is 5.10 Å². The molecule has 0 saturated carbocycles. The second-order valence-corrected chi connectivity index (χ2v) is 5.48. The van der Waals surface area contributed by atoms with E-state index in [2.05, 4.69) is 46.9 Å². The minimum atomic E-state index is 0.297. The van der Waals surface area contributed by atoms with Gasteiger partial charge in [-0.3, -0.25) is 0 Å².